The van der Waals surface area contributed by atoms with E-state index in [0.717, 1.165) is 0 Å². The molecule has 1 saturated heterocycles. The molecule has 0 spiro atoms. The van der Waals surface area contributed by atoms with Gasteiger partial charge in [-0.05, 0) is 12.8 Å². The molecule has 54 valence electrons. The summed E-state index contributed by atoms with van der Waals surface area (Å²) in [6, 6.07) is 0. The number of halogens is 1. The molecule has 0 radical (unpaired) electrons. The molecule has 1 rings (SSSR count). The predicted molar refractivity (Wildman–Crippen MR) is 33.0 cm³/mol. The molecule has 3 heteroatoms. The van der Waals surface area contributed by atoms with Gasteiger partial charge in [-0.15, -0.1) is 0 Å². The van der Waals surface area contributed by atoms with Crippen molar-refractivity contribution in [3.63, 3.8) is 0 Å². The van der Waals surface area contributed by atoms with Crippen molar-refractivity contribution in [3.05, 3.63) is 0 Å². The van der Waals surface area contributed by atoms with E-state index in [1.54, 1.807) is 0 Å². The van der Waals surface area contributed by atoms with Gasteiger partial charge in [-0.3, -0.25) is 4.39 Å². The monoisotopic (exact) mass is 133 g/mol. The lowest BCUT2D eigenvalue weighted by molar-refractivity contribution is -0.0198. The molecule has 1 fully saturated rings. The number of rotatable bonds is 3. The maximum Gasteiger partial charge on any atom is 0.0896 e. The van der Waals surface area contributed by atoms with Crippen LogP contribution in [-0.2, 0) is 0 Å². The third-order valence-electron chi connectivity index (χ3n) is 1.68. The third-order valence-corrected chi connectivity index (χ3v) is 1.68. The van der Waals surface area contributed by atoms with Crippen LogP contribution in [0.15, 0.2) is 0 Å². The number of alkyl halides is 1. The van der Waals surface area contributed by atoms with Crippen molar-refractivity contribution >= 4 is 0 Å². The van der Waals surface area contributed by atoms with Gasteiger partial charge >= 0.3 is 0 Å². The molecule has 0 aromatic carbocycles. The number of nitrogens with one attached hydrogen (secondary N) is 1. The van der Waals surface area contributed by atoms with E-state index < -0.39 is 5.60 Å². The van der Waals surface area contributed by atoms with Crippen LogP contribution in [0.4, 0.5) is 4.39 Å². The molecular weight excluding hydrogens is 121 g/mol. The summed E-state index contributed by atoms with van der Waals surface area (Å²) < 4.78 is 11.6. The van der Waals surface area contributed by atoms with Crippen LogP contribution in [0.25, 0.3) is 0 Å². The summed E-state index contributed by atoms with van der Waals surface area (Å²) in [7, 11) is 0. The van der Waals surface area contributed by atoms with Gasteiger partial charge in [-0.1, -0.05) is 0 Å². The van der Waals surface area contributed by atoms with E-state index in [0.29, 0.717) is 25.9 Å². The van der Waals surface area contributed by atoms with Crippen LogP contribution in [-0.4, -0.2) is 30.5 Å². The molecule has 0 aromatic heterocycles. The first-order chi connectivity index (χ1) is 4.27. The maximum atomic E-state index is 11.6. The minimum atomic E-state index is -0.577. The average molecular weight is 133 g/mol. The van der Waals surface area contributed by atoms with Crippen molar-refractivity contribution < 1.29 is 9.50 Å². The zero-order valence-electron chi connectivity index (χ0n) is 5.36. The fraction of sp³-hybridized carbons (Fsp3) is 1.00. The Bertz CT molecular complexity index is 93.1. The number of hydrogen-bond donors (Lipinski definition) is 2. The second-order valence-corrected chi connectivity index (χ2v) is 2.62. The molecule has 1 heterocycles. The van der Waals surface area contributed by atoms with Gasteiger partial charge in [0.25, 0.3) is 0 Å². The summed E-state index contributed by atoms with van der Waals surface area (Å²) in [5, 5.41) is 12.3. The summed E-state index contributed by atoms with van der Waals surface area (Å²) in [4.78, 5) is 0. The summed E-state index contributed by atoms with van der Waals surface area (Å²) in [5.74, 6) is 0. The van der Waals surface area contributed by atoms with Crippen molar-refractivity contribution in [1.29, 1.82) is 0 Å². The highest BCUT2D eigenvalue weighted by Gasteiger charge is 2.32. The molecule has 0 atom stereocenters. The maximum absolute atomic E-state index is 11.6. The summed E-state index contributed by atoms with van der Waals surface area (Å²) in [6.07, 6.45) is 1.08. The number of β-amino-alcohol motifs (C(OH)–C–C–N with tert-alkyl or cyclic N) is 1. The van der Waals surface area contributed by atoms with Crippen LogP contribution in [0.5, 0.6) is 0 Å². The molecular formula is C6H12FNO. The second-order valence-electron chi connectivity index (χ2n) is 2.62. The summed E-state index contributed by atoms with van der Waals surface area (Å²) in [6.45, 7) is 0.947. The van der Waals surface area contributed by atoms with Gasteiger partial charge < -0.3 is 10.4 Å². The van der Waals surface area contributed by atoms with Crippen LogP contribution < -0.4 is 5.32 Å². The van der Waals surface area contributed by atoms with E-state index in [1.807, 2.05) is 0 Å². The fourth-order valence-electron chi connectivity index (χ4n) is 0.986. The van der Waals surface area contributed by atoms with Crippen LogP contribution in [0.1, 0.15) is 12.8 Å². The van der Waals surface area contributed by atoms with Gasteiger partial charge in [0, 0.05) is 13.1 Å². The van der Waals surface area contributed by atoms with Crippen molar-refractivity contribution in [2.75, 3.05) is 19.8 Å². The topological polar surface area (TPSA) is 32.3 Å². The average Bonchev–Trinajstić information content (AvgIpc) is 1.79. The Hall–Kier alpha value is -0.150. The van der Waals surface area contributed by atoms with Crippen LogP contribution in [0.3, 0.4) is 0 Å². The zero-order valence-corrected chi connectivity index (χ0v) is 5.36. The third kappa shape index (κ3) is 1.63. The Morgan fingerprint density at radius 1 is 1.56 bits per heavy atom. The molecule has 1 aliphatic heterocycles. The van der Waals surface area contributed by atoms with Crippen LogP contribution >= 0.6 is 0 Å². The van der Waals surface area contributed by atoms with Gasteiger partial charge in [-0.25, -0.2) is 0 Å². The highest BCUT2D eigenvalue weighted by atomic mass is 19.1. The minimum absolute atomic E-state index is 0.317. The molecule has 0 amide bonds. The van der Waals surface area contributed by atoms with Crippen molar-refractivity contribution in [1.82, 2.24) is 5.32 Å². The lowest BCUT2D eigenvalue weighted by Gasteiger charge is -2.37. The molecule has 0 unspecified atom stereocenters. The van der Waals surface area contributed by atoms with Gasteiger partial charge in [0.2, 0.25) is 0 Å². The first-order valence-corrected chi connectivity index (χ1v) is 3.26. The van der Waals surface area contributed by atoms with Gasteiger partial charge in [-0.2, -0.15) is 0 Å². The molecule has 0 saturated carbocycles. The Morgan fingerprint density at radius 3 is 2.56 bits per heavy atom. The molecule has 0 bridgehead atoms. The lowest BCUT2D eigenvalue weighted by atomic mass is 9.92. The first kappa shape index (κ1) is 6.96. The molecule has 2 N–H and O–H groups in total. The van der Waals surface area contributed by atoms with Crippen molar-refractivity contribution in [3.8, 4) is 0 Å². The second kappa shape index (κ2) is 2.62. The van der Waals surface area contributed by atoms with Gasteiger partial charge in [0.1, 0.15) is 0 Å². The summed E-state index contributed by atoms with van der Waals surface area (Å²) in [5.41, 5.74) is -0.577. The Balaban J connectivity index is 2.09. The van der Waals surface area contributed by atoms with Gasteiger partial charge in [0.05, 0.1) is 12.3 Å². The van der Waals surface area contributed by atoms with Crippen molar-refractivity contribution in [2.24, 2.45) is 0 Å². The van der Waals surface area contributed by atoms with E-state index >= 15 is 0 Å². The van der Waals surface area contributed by atoms with E-state index in [1.165, 1.54) is 0 Å². The SMILES string of the molecule is OC1(CCCF)CNC1. The summed E-state index contributed by atoms with van der Waals surface area (Å²) >= 11 is 0. The number of aliphatic hydroxyl groups is 1. The predicted octanol–water partition coefficient (Wildman–Crippen LogP) is 0.0704. The van der Waals surface area contributed by atoms with Crippen LogP contribution in [0, 0.1) is 0 Å². The quantitative estimate of drug-likeness (QED) is 0.571. The zero-order chi connectivity index (χ0) is 6.74. The standard InChI is InChI=1S/C6H12FNO/c7-3-1-2-6(9)4-8-5-6/h8-9H,1-5H2. The highest BCUT2D eigenvalue weighted by molar-refractivity contribution is 4.91. The fourth-order valence-corrected chi connectivity index (χ4v) is 0.986. The first-order valence-electron chi connectivity index (χ1n) is 3.26. The normalized spacial score (nSPS) is 23.3. The molecule has 1 aliphatic rings. The Morgan fingerprint density at radius 2 is 2.22 bits per heavy atom. The highest BCUT2D eigenvalue weighted by Crippen LogP contribution is 2.16. The molecule has 2 nitrogen and oxygen atoms in total. The number of hydrogen-bond acceptors (Lipinski definition) is 2. The lowest BCUT2D eigenvalue weighted by Crippen LogP contribution is -2.59. The van der Waals surface area contributed by atoms with Gasteiger partial charge in [0.15, 0.2) is 0 Å². The molecule has 9 heavy (non-hydrogen) atoms. The van der Waals surface area contributed by atoms with E-state index in [9.17, 15) is 9.50 Å². The van der Waals surface area contributed by atoms with Crippen LogP contribution in [0.2, 0.25) is 0 Å². The van der Waals surface area contributed by atoms with E-state index in [-0.39, 0.29) is 6.67 Å². The Kier molecular flexibility index (Phi) is 2.03. The molecule has 0 aliphatic carbocycles. The van der Waals surface area contributed by atoms with Crippen molar-refractivity contribution in [2.45, 2.75) is 18.4 Å². The molecule has 0 aromatic rings. The van der Waals surface area contributed by atoms with E-state index in [2.05, 4.69) is 5.32 Å². The minimum Gasteiger partial charge on any atom is -0.387 e. The van der Waals surface area contributed by atoms with E-state index in [4.69, 9.17) is 0 Å². The Labute approximate surface area is 54.1 Å². The largest absolute Gasteiger partial charge is 0.387 e. The smallest absolute Gasteiger partial charge is 0.0896 e.